The summed E-state index contributed by atoms with van der Waals surface area (Å²) in [5.41, 5.74) is 0. The second-order valence-electron chi connectivity index (χ2n) is 4.02. The molecule has 3 N–H and O–H groups in total. The van der Waals surface area contributed by atoms with E-state index in [0.29, 0.717) is 11.4 Å². The summed E-state index contributed by atoms with van der Waals surface area (Å²) in [6.45, 7) is 2.18. The Morgan fingerprint density at radius 2 is 2.15 bits per heavy atom. The highest BCUT2D eigenvalue weighted by atomic mass is 32.1. The minimum absolute atomic E-state index is 0.174. The first-order valence-electron chi connectivity index (χ1n) is 6.00. The highest BCUT2D eigenvalue weighted by Crippen LogP contribution is 2.18. The molecule has 8 heteroatoms. The van der Waals surface area contributed by atoms with Gasteiger partial charge < -0.3 is 20.6 Å². The molecule has 1 aromatic rings. The molecule has 7 nitrogen and oxygen atoms in total. The first-order valence-corrected chi connectivity index (χ1v) is 6.88. The van der Waals surface area contributed by atoms with Crippen molar-refractivity contribution in [1.29, 1.82) is 0 Å². The van der Waals surface area contributed by atoms with E-state index in [9.17, 15) is 14.4 Å². The lowest BCUT2D eigenvalue weighted by Crippen LogP contribution is -2.45. The Hall–Kier alpha value is -2.09. The number of carbonyl (C=O) groups is 3. The van der Waals surface area contributed by atoms with Crippen LogP contribution in [0.1, 0.15) is 17.8 Å². The number of aliphatic carboxylic acids is 1. The Labute approximate surface area is 120 Å². The van der Waals surface area contributed by atoms with Gasteiger partial charge in [-0.2, -0.15) is 0 Å². The number of urea groups is 1. The molecule has 0 aliphatic heterocycles. The predicted molar refractivity (Wildman–Crippen MR) is 74.5 cm³/mol. The molecule has 0 aliphatic carbocycles. The third-order valence-electron chi connectivity index (χ3n) is 2.65. The number of nitrogens with zero attached hydrogens (tertiary/aromatic N) is 1. The maximum Gasteiger partial charge on any atom is 0.331 e. The molecule has 0 fully saturated rings. The molecule has 1 heterocycles. The summed E-state index contributed by atoms with van der Waals surface area (Å²) in [7, 11) is 1.62. The van der Waals surface area contributed by atoms with Crippen LogP contribution in [0.25, 0.3) is 0 Å². The summed E-state index contributed by atoms with van der Waals surface area (Å²) in [6, 6.07) is 1.52. The normalized spacial score (nSPS) is 11.5. The number of amides is 3. The minimum Gasteiger partial charge on any atom is -0.479 e. The summed E-state index contributed by atoms with van der Waals surface area (Å²) in [4.78, 5) is 36.2. The Morgan fingerprint density at radius 1 is 1.45 bits per heavy atom. The molecule has 0 saturated heterocycles. The van der Waals surface area contributed by atoms with Crippen molar-refractivity contribution in [3.05, 3.63) is 22.4 Å². The topological polar surface area (TPSA) is 98.7 Å². The third-order valence-corrected chi connectivity index (χ3v) is 3.59. The van der Waals surface area contributed by atoms with Crippen LogP contribution in [0.5, 0.6) is 0 Å². The molecule has 110 valence electrons. The molecular weight excluding hydrogens is 282 g/mol. The van der Waals surface area contributed by atoms with Gasteiger partial charge in [-0.05, 0) is 18.4 Å². The molecule has 1 unspecified atom stereocenters. The monoisotopic (exact) mass is 299 g/mol. The van der Waals surface area contributed by atoms with Crippen LogP contribution in [0.15, 0.2) is 17.5 Å². The van der Waals surface area contributed by atoms with E-state index in [-0.39, 0.29) is 12.5 Å². The van der Waals surface area contributed by atoms with Crippen molar-refractivity contribution in [3.8, 4) is 0 Å². The number of likely N-dealkylation sites (N-methyl/N-ethyl adjacent to an activating group) is 1. The Kier molecular flexibility index (Phi) is 5.98. The smallest absolute Gasteiger partial charge is 0.331 e. The number of thiophene rings is 1. The minimum atomic E-state index is -1.15. The molecule has 0 aliphatic rings. The molecule has 3 amide bonds. The van der Waals surface area contributed by atoms with Gasteiger partial charge in [0.05, 0.1) is 6.54 Å². The Bertz CT molecular complexity index is 475. The van der Waals surface area contributed by atoms with Crippen LogP contribution in [0.2, 0.25) is 0 Å². The zero-order valence-electron chi connectivity index (χ0n) is 11.3. The van der Waals surface area contributed by atoms with E-state index >= 15 is 0 Å². The highest BCUT2D eigenvalue weighted by Gasteiger charge is 2.23. The lowest BCUT2D eigenvalue weighted by molar-refractivity contribution is -0.139. The lowest BCUT2D eigenvalue weighted by Gasteiger charge is -2.16. The number of hydrogen-bond acceptors (Lipinski definition) is 4. The SMILES string of the molecule is CCN(C)C(=O)CNC(=O)NC(C(=O)O)c1cccs1. The molecular formula is C12H17N3O4S. The Balaban J connectivity index is 2.52. The van der Waals surface area contributed by atoms with Crippen molar-refractivity contribution in [3.63, 3.8) is 0 Å². The van der Waals surface area contributed by atoms with Crippen molar-refractivity contribution in [2.24, 2.45) is 0 Å². The molecule has 20 heavy (non-hydrogen) atoms. The molecule has 0 saturated carbocycles. The Morgan fingerprint density at radius 3 is 2.65 bits per heavy atom. The quantitative estimate of drug-likeness (QED) is 0.718. The van der Waals surface area contributed by atoms with E-state index in [1.54, 1.807) is 24.6 Å². The highest BCUT2D eigenvalue weighted by molar-refractivity contribution is 7.10. The summed E-state index contributed by atoms with van der Waals surface area (Å²) in [5, 5.41) is 15.5. The second kappa shape index (κ2) is 7.49. The third kappa shape index (κ3) is 4.54. The van der Waals surface area contributed by atoms with Gasteiger partial charge >= 0.3 is 12.0 Å². The van der Waals surface area contributed by atoms with Gasteiger partial charge in [0, 0.05) is 18.5 Å². The molecule has 0 radical (unpaired) electrons. The van der Waals surface area contributed by atoms with Crippen LogP contribution < -0.4 is 10.6 Å². The van der Waals surface area contributed by atoms with Gasteiger partial charge in [-0.1, -0.05) is 6.07 Å². The largest absolute Gasteiger partial charge is 0.479 e. The van der Waals surface area contributed by atoms with Crippen LogP contribution in [0, 0.1) is 0 Å². The second-order valence-corrected chi connectivity index (χ2v) is 5.00. The van der Waals surface area contributed by atoms with Crippen LogP contribution in [0.3, 0.4) is 0 Å². The van der Waals surface area contributed by atoms with Gasteiger partial charge in [-0.3, -0.25) is 4.79 Å². The zero-order valence-corrected chi connectivity index (χ0v) is 12.1. The average Bonchev–Trinajstić information content (AvgIpc) is 2.94. The van der Waals surface area contributed by atoms with Crippen LogP contribution in [-0.4, -0.2) is 48.1 Å². The van der Waals surface area contributed by atoms with Crippen molar-refractivity contribution in [1.82, 2.24) is 15.5 Å². The average molecular weight is 299 g/mol. The van der Waals surface area contributed by atoms with Crippen molar-refractivity contribution in [2.75, 3.05) is 20.1 Å². The molecule has 0 aromatic carbocycles. The lowest BCUT2D eigenvalue weighted by atomic mass is 10.2. The predicted octanol–water partition coefficient (Wildman–Crippen LogP) is 0.651. The number of nitrogens with one attached hydrogen (secondary N) is 2. The van der Waals surface area contributed by atoms with E-state index in [2.05, 4.69) is 10.6 Å². The van der Waals surface area contributed by atoms with E-state index in [4.69, 9.17) is 5.11 Å². The van der Waals surface area contributed by atoms with Crippen molar-refractivity contribution >= 4 is 29.2 Å². The fourth-order valence-corrected chi connectivity index (χ4v) is 2.13. The van der Waals surface area contributed by atoms with E-state index in [1.165, 1.54) is 16.2 Å². The number of hydrogen-bond donors (Lipinski definition) is 3. The maximum absolute atomic E-state index is 11.6. The molecule has 1 aromatic heterocycles. The van der Waals surface area contributed by atoms with Crippen molar-refractivity contribution in [2.45, 2.75) is 13.0 Å². The summed E-state index contributed by atoms with van der Waals surface area (Å²) in [5.74, 6) is -1.40. The molecule has 1 atom stereocenters. The van der Waals surface area contributed by atoms with Gasteiger partial charge in [-0.15, -0.1) is 11.3 Å². The van der Waals surface area contributed by atoms with Gasteiger partial charge in [0.15, 0.2) is 6.04 Å². The van der Waals surface area contributed by atoms with Gasteiger partial charge in [-0.25, -0.2) is 9.59 Å². The summed E-state index contributed by atoms with van der Waals surface area (Å²) < 4.78 is 0. The molecule has 0 spiro atoms. The van der Waals surface area contributed by atoms with Gasteiger partial charge in [0.2, 0.25) is 5.91 Å². The van der Waals surface area contributed by atoms with E-state index in [0.717, 1.165) is 0 Å². The van der Waals surface area contributed by atoms with Crippen molar-refractivity contribution < 1.29 is 19.5 Å². The number of carboxylic acid groups (broad SMARTS) is 1. The zero-order chi connectivity index (χ0) is 15.1. The number of carboxylic acids is 1. The van der Waals surface area contributed by atoms with Gasteiger partial charge in [0.1, 0.15) is 0 Å². The molecule has 0 bridgehead atoms. The first-order chi connectivity index (χ1) is 9.45. The summed E-state index contributed by atoms with van der Waals surface area (Å²) >= 11 is 1.24. The first kappa shape index (κ1) is 16.0. The fraction of sp³-hybridized carbons (Fsp3) is 0.417. The van der Waals surface area contributed by atoms with Gasteiger partial charge in [0.25, 0.3) is 0 Å². The summed E-state index contributed by atoms with van der Waals surface area (Å²) in [6.07, 6.45) is 0. The maximum atomic E-state index is 11.6. The van der Waals surface area contributed by atoms with E-state index < -0.39 is 18.0 Å². The standard InChI is InChI=1S/C12H17N3O4S/c1-3-15(2)9(16)7-13-12(19)14-10(11(17)18)8-5-4-6-20-8/h4-6,10H,3,7H2,1-2H3,(H,17,18)(H2,13,14,19). The van der Waals surface area contributed by atoms with Crippen LogP contribution in [0.4, 0.5) is 4.79 Å². The van der Waals surface area contributed by atoms with Crippen LogP contribution in [-0.2, 0) is 9.59 Å². The number of rotatable bonds is 6. The number of carbonyl (C=O) groups excluding carboxylic acids is 2. The van der Waals surface area contributed by atoms with Crippen LogP contribution >= 0.6 is 11.3 Å². The fourth-order valence-electron chi connectivity index (χ4n) is 1.36. The molecule has 1 rings (SSSR count). The van der Waals surface area contributed by atoms with E-state index in [1.807, 2.05) is 6.92 Å².